The topological polar surface area (TPSA) is 95.6 Å². The summed E-state index contributed by atoms with van der Waals surface area (Å²) in [5.74, 6) is -0.864. The predicted molar refractivity (Wildman–Crippen MR) is 102 cm³/mol. The first-order valence-electron chi connectivity index (χ1n) is 8.31. The second kappa shape index (κ2) is 9.89. The third-order valence-electron chi connectivity index (χ3n) is 4.24. The standard InChI is InChI=1S/C17H25N3O4S.ClH/c1-20(2)16(21)12-25(23,24)15-7-5-14(6-8-15)17(22)19-11-13-4-3-9-18-10-13;/h5-8,13,18H,3-4,9-12H2,1-2H3,(H,19,22);1H. The summed E-state index contributed by atoms with van der Waals surface area (Å²) in [4.78, 5) is 25.1. The van der Waals surface area contributed by atoms with E-state index in [9.17, 15) is 18.0 Å². The van der Waals surface area contributed by atoms with Crippen LogP contribution in [0.15, 0.2) is 29.2 Å². The molecule has 9 heteroatoms. The molecule has 1 aromatic rings. The molecule has 0 aliphatic carbocycles. The van der Waals surface area contributed by atoms with Crippen molar-refractivity contribution < 1.29 is 18.0 Å². The van der Waals surface area contributed by atoms with E-state index in [0.717, 1.165) is 25.9 Å². The Morgan fingerprint density at radius 1 is 1.23 bits per heavy atom. The van der Waals surface area contributed by atoms with Crippen LogP contribution >= 0.6 is 12.4 Å². The van der Waals surface area contributed by atoms with Crippen molar-refractivity contribution in [1.29, 1.82) is 0 Å². The monoisotopic (exact) mass is 403 g/mol. The molecule has 1 unspecified atom stereocenters. The van der Waals surface area contributed by atoms with Gasteiger partial charge in [0.05, 0.1) is 4.90 Å². The van der Waals surface area contributed by atoms with Gasteiger partial charge in [-0.2, -0.15) is 0 Å². The van der Waals surface area contributed by atoms with Crippen molar-refractivity contribution in [2.24, 2.45) is 5.92 Å². The van der Waals surface area contributed by atoms with Gasteiger partial charge in [-0.3, -0.25) is 9.59 Å². The number of carbonyl (C=O) groups is 2. The molecule has 26 heavy (non-hydrogen) atoms. The zero-order valence-corrected chi connectivity index (χ0v) is 16.7. The lowest BCUT2D eigenvalue weighted by atomic mass is 10.00. The van der Waals surface area contributed by atoms with Crippen LogP contribution in [-0.2, 0) is 14.6 Å². The minimum Gasteiger partial charge on any atom is -0.352 e. The van der Waals surface area contributed by atoms with Crippen molar-refractivity contribution in [1.82, 2.24) is 15.5 Å². The maximum atomic E-state index is 12.2. The molecule has 0 spiro atoms. The zero-order valence-electron chi connectivity index (χ0n) is 15.0. The summed E-state index contributed by atoms with van der Waals surface area (Å²) in [6.45, 7) is 2.53. The Morgan fingerprint density at radius 2 is 1.88 bits per heavy atom. The Balaban J connectivity index is 0.00000338. The van der Waals surface area contributed by atoms with E-state index in [1.807, 2.05) is 0 Å². The van der Waals surface area contributed by atoms with Crippen LogP contribution in [0.1, 0.15) is 23.2 Å². The van der Waals surface area contributed by atoms with Gasteiger partial charge in [0.15, 0.2) is 9.84 Å². The second-order valence-corrected chi connectivity index (χ2v) is 8.48. The van der Waals surface area contributed by atoms with Crippen LogP contribution in [0, 0.1) is 5.92 Å². The lowest BCUT2D eigenvalue weighted by molar-refractivity contribution is -0.125. The van der Waals surface area contributed by atoms with Crippen LogP contribution in [0.25, 0.3) is 0 Å². The maximum Gasteiger partial charge on any atom is 0.251 e. The van der Waals surface area contributed by atoms with E-state index in [4.69, 9.17) is 0 Å². The molecule has 1 saturated heterocycles. The molecule has 1 heterocycles. The number of rotatable bonds is 6. The van der Waals surface area contributed by atoms with Gasteiger partial charge in [0.2, 0.25) is 5.91 Å². The second-order valence-electron chi connectivity index (χ2n) is 6.49. The average Bonchev–Trinajstić information content (AvgIpc) is 2.60. The highest BCUT2D eigenvalue weighted by Gasteiger charge is 2.21. The summed E-state index contributed by atoms with van der Waals surface area (Å²) in [6, 6.07) is 5.69. The molecular weight excluding hydrogens is 378 g/mol. The number of hydrogen-bond acceptors (Lipinski definition) is 5. The fourth-order valence-electron chi connectivity index (χ4n) is 2.63. The number of amides is 2. The zero-order chi connectivity index (χ0) is 18.4. The van der Waals surface area contributed by atoms with Gasteiger partial charge in [0, 0.05) is 26.2 Å². The Kier molecular flexibility index (Phi) is 8.52. The van der Waals surface area contributed by atoms with Gasteiger partial charge in [-0.15, -0.1) is 12.4 Å². The molecule has 1 aliphatic heterocycles. The number of hydrogen-bond donors (Lipinski definition) is 2. The lowest BCUT2D eigenvalue weighted by Gasteiger charge is -2.22. The number of benzene rings is 1. The van der Waals surface area contributed by atoms with Crippen LogP contribution in [0.3, 0.4) is 0 Å². The Bertz CT molecular complexity index is 714. The molecule has 0 bridgehead atoms. The Morgan fingerprint density at radius 3 is 2.42 bits per heavy atom. The molecule has 2 rings (SSSR count). The van der Waals surface area contributed by atoms with Crippen LogP contribution in [0.2, 0.25) is 0 Å². The molecule has 0 radical (unpaired) electrons. The highest BCUT2D eigenvalue weighted by atomic mass is 35.5. The molecule has 146 valence electrons. The number of sulfone groups is 1. The fraction of sp³-hybridized carbons (Fsp3) is 0.529. The molecule has 1 aliphatic rings. The summed E-state index contributed by atoms with van der Waals surface area (Å²) in [6.07, 6.45) is 2.20. The molecule has 2 N–H and O–H groups in total. The van der Waals surface area contributed by atoms with Crippen LogP contribution in [0.5, 0.6) is 0 Å². The van der Waals surface area contributed by atoms with Gasteiger partial charge >= 0.3 is 0 Å². The van der Waals surface area contributed by atoms with Gasteiger partial charge in [-0.25, -0.2) is 8.42 Å². The van der Waals surface area contributed by atoms with Crippen LogP contribution in [-0.4, -0.2) is 64.6 Å². The predicted octanol–water partition coefficient (Wildman–Crippen LogP) is 0.700. The van der Waals surface area contributed by atoms with E-state index >= 15 is 0 Å². The minimum absolute atomic E-state index is 0. The summed E-state index contributed by atoms with van der Waals surface area (Å²) < 4.78 is 24.4. The minimum atomic E-state index is -3.71. The molecule has 1 aromatic carbocycles. The first-order valence-corrected chi connectivity index (χ1v) is 9.97. The van der Waals surface area contributed by atoms with E-state index in [-0.39, 0.29) is 23.2 Å². The lowest BCUT2D eigenvalue weighted by Crippen LogP contribution is -2.38. The number of halogens is 1. The average molecular weight is 404 g/mol. The molecule has 7 nitrogen and oxygen atoms in total. The highest BCUT2D eigenvalue weighted by molar-refractivity contribution is 7.92. The van der Waals surface area contributed by atoms with Crippen LogP contribution in [0.4, 0.5) is 0 Å². The third-order valence-corrected chi connectivity index (χ3v) is 5.86. The summed E-state index contributed by atoms with van der Waals surface area (Å²) >= 11 is 0. The smallest absolute Gasteiger partial charge is 0.251 e. The molecule has 0 saturated carbocycles. The van der Waals surface area contributed by atoms with E-state index in [0.29, 0.717) is 18.0 Å². The van der Waals surface area contributed by atoms with Crippen molar-refractivity contribution >= 4 is 34.1 Å². The Hall–Kier alpha value is -1.64. The largest absolute Gasteiger partial charge is 0.352 e. The van der Waals surface area contributed by atoms with Gasteiger partial charge in [0.25, 0.3) is 5.91 Å². The van der Waals surface area contributed by atoms with Gasteiger partial charge < -0.3 is 15.5 Å². The van der Waals surface area contributed by atoms with Gasteiger partial charge in [0.1, 0.15) is 5.75 Å². The van der Waals surface area contributed by atoms with E-state index < -0.39 is 21.5 Å². The Labute approximate surface area is 160 Å². The molecule has 0 aromatic heterocycles. The maximum absolute atomic E-state index is 12.2. The first-order chi connectivity index (χ1) is 11.8. The van der Waals surface area contributed by atoms with E-state index in [1.165, 1.54) is 43.3 Å². The summed E-state index contributed by atoms with van der Waals surface area (Å²) in [7, 11) is -0.693. The fourth-order valence-corrected chi connectivity index (χ4v) is 3.93. The van der Waals surface area contributed by atoms with E-state index in [1.54, 1.807) is 0 Å². The summed E-state index contributed by atoms with van der Waals surface area (Å²) in [5, 5.41) is 6.18. The van der Waals surface area contributed by atoms with Crippen LogP contribution < -0.4 is 10.6 Å². The number of nitrogens with zero attached hydrogens (tertiary/aromatic N) is 1. The molecule has 1 fully saturated rings. The van der Waals surface area contributed by atoms with E-state index in [2.05, 4.69) is 10.6 Å². The van der Waals surface area contributed by atoms with Crippen molar-refractivity contribution in [3.8, 4) is 0 Å². The number of piperidine rings is 1. The molecule has 1 atom stereocenters. The number of nitrogens with one attached hydrogen (secondary N) is 2. The molecule has 2 amide bonds. The number of carbonyl (C=O) groups excluding carboxylic acids is 2. The first kappa shape index (κ1) is 22.4. The quantitative estimate of drug-likeness (QED) is 0.729. The SMILES string of the molecule is CN(C)C(=O)CS(=O)(=O)c1ccc(C(=O)NCC2CCCNC2)cc1.Cl. The van der Waals surface area contributed by atoms with Crippen molar-refractivity contribution in [3.63, 3.8) is 0 Å². The normalized spacial score (nSPS) is 17.1. The molecular formula is C17H26ClN3O4S. The van der Waals surface area contributed by atoms with Gasteiger partial charge in [-0.1, -0.05) is 0 Å². The van der Waals surface area contributed by atoms with Crippen molar-refractivity contribution in [2.75, 3.05) is 39.5 Å². The third kappa shape index (κ3) is 6.26. The summed E-state index contributed by atoms with van der Waals surface area (Å²) in [5.41, 5.74) is 0.404. The van der Waals surface area contributed by atoms with Crippen molar-refractivity contribution in [2.45, 2.75) is 17.7 Å². The van der Waals surface area contributed by atoms with Crippen molar-refractivity contribution in [3.05, 3.63) is 29.8 Å². The van der Waals surface area contributed by atoms with Gasteiger partial charge in [-0.05, 0) is 56.1 Å². The highest BCUT2D eigenvalue weighted by Crippen LogP contribution is 2.14.